The van der Waals surface area contributed by atoms with Crippen LogP contribution < -0.4 is 11.1 Å². The van der Waals surface area contributed by atoms with Crippen LogP contribution in [0.3, 0.4) is 0 Å². The van der Waals surface area contributed by atoms with Crippen LogP contribution in [0.2, 0.25) is 0 Å². The summed E-state index contributed by atoms with van der Waals surface area (Å²) in [6.45, 7) is 2.07. The van der Waals surface area contributed by atoms with Gasteiger partial charge in [-0.05, 0) is 41.3 Å². The number of ketones is 1. The van der Waals surface area contributed by atoms with E-state index in [0.29, 0.717) is 24.2 Å². The van der Waals surface area contributed by atoms with E-state index >= 15 is 0 Å². The third-order valence-corrected chi connectivity index (χ3v) is 5.19. The predicted molar refractivity (Wildman–Crippen MR) is 120 cm³/mol. The van der Waals surface area contributed by atoms with Gasteiger partial charge in [-0.3, -0.25) is 9.59 Å². The highest BCUT2D eigenvalue weighted by molar-refractivity contribution is 6.00. The number of amides is 1. The highest BCUT2D eigenvalue weighted by atomic mass is 16.1. The summed E-state index contributed by atoms with van der Waals surface area (Å²) in [4.78, 5) is 24.7. The number of para-hydroxylation sites is 2. The van der Waals surface area contributed by atoms with Gasteiger partial charge < -0.3 is 11.1 Å². The predicted octanol–water partition coefficient (Wildman–Crippen LogP) is 5.83. The standard InChI is InChI=1S/C25H28N2O2/c1-18(16-25(29)27-23-12-6-5-11-22(23)26)8-2-7-13-24(28)21-15-14-19-9-3-4-10-20(19)17-21/h3-6,9-12,14-15,17-18H,2,7-8,13,16,26H2,1H3,(H,27,29). The number of hydrogen-bond acceptors (Lipinski definition) is 3. The number of nitrogens with two attached hydrogens (primary N) is 1. The fourth-order valence-electron chi connectivity index (χ4n) is 3.52. The number of Topliss-reactive ketones (excluding diaryl/α,β-unsaturated/α-hetero) is 1. The summed E-state index contributed by atoms with van der Waals surface area (Å²) in [6.07, 6.45) is 3.68. The van der Waals surface area contributed by atoms with E-state index in [1.165, 1.54) is 0 Å². The van der Waals surface area contributed by atoms with Gasteiger partial charge in [0.1, 0.15) is 0 Å². The lowest BCUT2D eigenvalue weighted by molar-refractivity contribution is -0.117. The first-order valence-corrected chi connectivity index (χ1v) is 10.2. The van der Waals surface area contributed by atoms with Crippen molar-refractivity contribution in [3.05, 3.63) is 72.3 Å². The first-order chi connectivity index (χ1) is 14.0. The largest absolute Gasteiger partial charge is 0.397 e. The first-order valence-electron chi connectivity index (χ1n) is 10.2. The summed E-state index contributed by atoms with van der Waals surface area (Å²) in [7, 11) is 0. The minimum Gasteiger partial charge on any atom is -0.397 e. The number of anilines is 2. The molecule has 0 spiro atoms. The molecule has 0 aliphatic rings. The van der Waals surface area contributed by atoms with Crippen LogP contribution in [0.1, 0.15) is 49.4 Å². The van der Waals surface area contributed by atoms with Crippen LogP contribution in [0.5, 0.6) is 0 Å². The molecular weight excluding hydrogens is 360 g/mol. The Morgan fingerprint density at radius 2 is 1.66 bits per heavy atom. The summed E-state index contributed by atoms with van der Waals surface area (Å²) >= 11 is 0. The quantitative estimate of drug-likeness (QED) is 0.275. The zero-order valence-corrected chi connectivity index (χ0v) is 16.9. The maximum atomic E-state index is 12.5. The number of carbonyl (C=O) groups is 2. The minimum absolute atomic E-state index is 0.0253. The van der Waals surface area contributed by atoms with Crippen molar-refractivity contribution in [2.75, 3.05) is 11.1 Å². The van der Waals surface area contributed by atoms with Crippen molar-refractivity contribution in [3.63, 3.8) is 0 Å². The number of nitrogen functional groups attached to an aromatic ring is 1. The zero-order valence-electron chi connectivity index (χ0n) is 16.9. The molecule has 4 heteroatoms. The Balaban J connectivity index is 1.39. The molecule has 0 aliphatic heterocycles. The van der Waals surface area contributed by atoms with Crippen LogP contribution in [0.25, 0.3) is 10.8 Å². The number of benzene rings is 3. The third kappa shape index (κ3) is 5.92. The Morgan fingerprint density at radius 3 is 2.45 bits per heavy atom. The van der Waals surface area contributed by atoms with Gasteiger partial charge in [0.15, 0.2) is 5.78 Å². The van der Waals surface area contributed by atoms with Crippen LogP contribution >= 0.6 is 0 Å². The lowest BCUT2D eigenvalue weighted by Gasteiger charge is -2.12. The number of rotatable bonds is 9. The van der Waals surface area contributed by atoms with Crippen LogP contribution in [-0.4, -0.2) is 11.7 Å². The fraction of sp³-hybridized carbons (Fsp3) is 0.280. The number of hydrogen-bond donors (Lipinski definition) is 2. The van der Waals surface area contributed by atoms with E-state index in [-0.39, 0.29) is 17.6 Å². The molecule has 0 bridgehead atoms. The van der Waals surface area contributed by atoms with Crippen LogP contribution in [0.15, 0.2) is 66.7 Å². The van der Waals surface area contributed by atoms with Crippen molar-refractivity contribution in [2.24, 2.45) is 5.92 Å². The van der Waals surface area contributed by atoms with Gasteiger partial charge in [0.25, 0.3) is 0 Å². The first kappa shape index (κ1) is 20.6. The van der Waals surface area contributed by atoms with Crippen LogP contribution in [0, 0.1) is 5.92 Å². The van der Waals surface area contributed by atoms with Crippen LogP contribution in [0.4, 0.5) is 11.4 Å². The van der Waals surface area contributed by atoms with E-state index in [0.717, 1.165) is 35.6 Å². The third-order valence-electron chi connectivity index (χ3n) is 5.19. The second-order valence-corrected chi connectivity index (χ2v) is 7.68. The van der Waals surface area contributed by atoms with Gasteiger partial charge in [-0.15, -0.1) is 0 Å². The highest BCUT2D eigenvalue weighted by Crippen LogP contribution is 2.20. The van der Waals surface area contributed by atoms with Gasteiger partial charge in [-0.2, -0.15) is 0 Å². The molecule has 3 N–H and O–H groups in total. The van der Waals surface area contributed by atoms with Gasteiger partial charge in [0, 0.05) is 18.4 Å². The van der Waals surface area contributed by atoms with Gasteiger partial charge in [0.2, 0.25) is 5.91 Å². The van der Waals surface area contributed by atoms with Crippen molar-refractivity contribution in [1.29, 1.82) is 0 Å². The van der Waals surface area contributed by atoms with Gasteiger partial charge >= 0.3 is 0 Å². The fourth-order valence-corrected chi connectivity index (χ4v) is 3.52. The van der Waals surface area contributed by atoms with E-state index in [1.807, 2.05) is 54.6 Å². The summed E-state index contributed by atoms with van der Waals surface area (Å²) in [5.41, 5.74) is 7.86. The van der Waals surface area contributed by atoms with Crippen molar-refractivity contribution in [1.82, 2.24) is 0 Å². The zero-order chi connectivity index (χ0) is 20.6. The Hall–Kier alpha value is -3.14. The molecule has 0 aromatic heterocycles. The van der Waals surface area contributed by atoms with E-state index < -0.39 is 0 Å². The maximum Gasteiger partial charge on any atom is 0.224 e. The van der Waals surface area contributed by atoms with Crippen molar-refractivity contribution < 1.29 is 9.59 Å². The second kappa shape index (κ2) is 9.87. The monoisotopic (exact) mass is 388 g/mol. The van der Waals surface area contributed by atoms with Gasteiger partial charge in [0.05, 0.1) is 11.4 Å². The van der Waals surface area contributed by atoms with Crippen molar-refractivity contribution >= 4 is 33.8 Å². The average Bonchev–Trinajstić information content (AvgIpc) is 2.72. The molecular formula is C25H28N2O2. The van der Waals surface area contributed by atoms with E-state index in [2.05, 4.69) is 12.2 Å². The molecule has 0 radical (unpaired) electrons. The number of unbranched alkanes of at least 4 members (excludes halogenated alkanes) is 1. The Bertz CT molecular complexity index is 997. The lowest BCUT2D eigenvalue weighted by atomic mass is 9.97. The lowest BCUT2D eigenvalue weighted by Crippen LogP contribution is -2.16. The molecule has 3 rings (SSSR count). The number of fused-ring (bicyclic) bond motifs is 1. The Labute approximate surface area is 172 Å². The van der Waals surface area contributed by atoms with E-state index in [1.54, 1.807) is 12.1 Å². The summed E-state index contributed by atoms with van der Waals surface area (Å²) in [5.74, 6) is 0.416. The van der Waals surface area contributed by atoms with E-state index in [9.17, 15) is 9.59 Å². The normalized spacial score (nSPS) is 11.9. The molecule has 1 amide bonds. The Morgan fingerprint density at radius 1 is 0.931 bits per heavy atom. The minimum atomic E-state index is -0.0253. The summed E-state index contributed by atoms with van der Waals surface area (Å²) < 4.78 is 0. The molecule has 29 heavy (non-hydrogen) atoms. The molecule has 150 valence electrons. The number of carbonyl (C=O) groups excluding carboxylic acids is 2. The smallest absolute Gasteiger partial charge is 0.224 e. The summed E-state index contributed by atoms with van der Waals surface area (Å²) in [6, 6.07) is 21.2. The molecule has 0 aliphatic carbocycles. The molecule has 0 saturated heterocycles. The topological polar surface area (TPSA) is 72.2 Å². The molecule has 4 nitrogen and oxygen atoms in total. The molecule has 3 aromatic rings. The SMILES string of the molecule is CC(CCCCC(=O)c1ccc2ccccc2c1)CC(=O)Nc1ccccc1N. The highest BCUT2D eigenvalue weighted by Gasteiger charge is 2.12. The molecule has 0 saturated carbocycles. The van der Waals surface area contributed by atoms with E-state index in [4.69, 9.17) is 5.73 Å². The molecule has 0 fully saturated rings. The summed E-state index contributed by atoms with van der Waals surface area (Å²) in [5, 5.41) is 5.11. The molecule has 1 atom stereocenters. The Kier molecular flexibility index (Phi) is 7.01. The molecule has 0 heterocycles. The van der Waals surface area contributed by atoms with Gasteiger partial charge in [-0.25, -0.2) is 0 Å². The second-order valence-electron chi connectivity index (χ2n) is 7.68. The van der Waals surface area contributed by atoms with Gasteiger partial charge in [-0.1, -0.05) is 68.3 Å². The van der Waals surface area contributed by atoms with Crippen molar-refractivity contribution in [3.8, 4) is 0 Å². The van der Waals surface area contributed by atoms with Crippen LogP contribution in [-0.2, 0) is 4.79 Å². The molecule has 1 unspecified atom stereocenters. The average molecular weight is 389 g/mol. The number of nitrogens with one attached hydrogen (secondary N) is 1. The molecule has 3 aromatic carbocycles. The maximum absolute atomic E-state index is 12.5. The van der Waals surface area contributed by atoms with Crippen molar-refractivity contribution in [2.45, 2.75) is 39.0 Å².